The Morgan fingerprint density at radius 2 is 1.08 bits per heavy atom. The lowest BCUT2D eigenvalue weighted by atomic mass is 9.99. The van der Waals surface area contributed by atoms with Crippen LogP contribution in [0.2, 0.25) is 5.02 Å². The summed E-state index contributed by atoms with van der Waals surface area (Å²) in [6, 6.07) is 40.2. The predicted octanol–water partition coefficient (Wildman–Crippen LogP) is 9.09. The van der Waals surface area contributed by atoms with Crippen molar-refractivity contribution in [3.8, 4) is 45.3 Å². The summed E-state index contributed by atoms with van der Waals surface area (Å²) in [5.41, 5.74) is 6.52. The number of nitrogens with zero attached hydrogens (tertiary/aromatic N) is 3. The van der Waals surface area contributed by atoms with Gasteiger partial charge in [0, 0.05) is 32.5 Å². The Labute approximate surface area is 224 Å². The second-order valence-electron chi connectivity index (χ2n) is 9.04. The van der Waals surface area contributed by atoms with Crippen LogP contribution >= 0.6 is 11.6 Å². The third-order valence-electron chi connectivity index (χ3n) is 6.59. The van der Waals surface area contributed by atoms with E-state index in [1.807, 2.05) is 84.9 Å². The van der Waals surface area contributed by atoms with Gasteiger partial charge < -0.3 is 4.42 Å². The third kappa shape index (κ3) is 4.01. The molecule has 38 heavy (non-hydrogen) atoms. The average Bonchev–Trinajstić information content (AvgIpc) is 3.36. The molecule has 7 aromatic rings. The van der Waals surface area contributed by atoms with Crippen LogP contribution in [-0.2, 0) is 0 Å². The number of aromatic nitrogens is 3. The molecule has 0 aliphatic heterocycles. The van der Waals surface area contributed by atoms with E-state index in [4.69, 9.17) is 31.0 Å². The van der Waals surface area contributed by atoms with E-state index in [0.29, 0.717) is 22.5 Å². The first kappa shape index (κ1) is 22.4. The van der Waals surface area contributed by atoms with Gasteiger partial charge in [-0.2, -0.15) is 0 Å². The summed E-state index contributed by atoms with van der Waals surface area (Å²) in [6.45, 7) is 0. The highest BCUT2D eigenvalue weighted by atomic mass is 35.5. The quantitative estimate of drug-likeness (QED) is 0.237. The molecule has 0 fully saturated rings. The SMILES string of the molecule is Clc1cccc(-c2nc(-c3ccccc3)nc(-c3ccc4c(c3)oc3cccc(-c5ccccc5)c34)n2)c1. The number of benzene rings is 5. The highest BCUT2D eigenvalue weighted by molar-refractivity contribution is 6.30. The summed E-state index contributed by atoms with van der Waals surface area (Å²) in [5.74, 6) is 1.73. The van der Waals surface area contributed by atoms with Crippen LogP contribution in [0.15, 0.2) is 126 Å². The smallest absolute Gasteiger partial charge is 0.164 e. The predicted molar refractivity (Wildman–Crippen MR) is 154 cm³/mol. The minimum Gasteiger partial charge on any atom is -0.456 e. The van der Waals surface area contributed by atoms with Crippen molar-refractivity contribution < 1.29 is 4.42 Å². The number of hydrogen-bond donors (Lipinski definition) is 0. The molecule has 5 aromatic carbocycles. The van der Waals surface area contributed by atoms with Crippen molar-refractivity contribution in [1.29, 1.82) is 0 Å². The van der Waals surface area contributed by atoms with Gasteiger partial charge in [-0.05, 0) is 41.5 Å². The Kier molecular flexibility index (Phi) is 5.46. The summed E-state index contributed by atoms with van der Waals surface area (Å²) in [4.78, 5) is 14.5. The van der Waals surface area contributed by atoms with E-state index in [2.05, 4.69) is 36.4 Å². The molecular formula is C33H20ClN3O. The van der Waals surface area contributed by atoms with Crippen LogP contribution in [0.25, 0.3) is 67.2 Å². The molecule has 0 unspecified atom stereocenters. The zero-order valence-electron chi connectivity index (χ0n) is 20.2. The number of halogens is 1. The minimum absolute atomic E-state index is 0.562. The Morgan fingerprint density at radius 1 is 0.474 bits per heavy atom. The molecule has 0 amide bonds. The lowest BCUT2D eigenvalue weighted by molar-refractivity contribution is 0.669. The fourth-order valence-corrected chi connectivity index (χ4v) is 4.99. The van der Waals surface area contributed by atoms with E-state index < -0.39 is 0 Å². The summed E-state index contributed by atoms with van der Waals surface area (Å²) in [7, 11) is 0. The van der Waals surface area contributed by atoms with Crippen LogP contribution in [0.1, 0.15) is 0 Å². The van der Waals surface area contributed by atoms with Crippen molar-refractivity contribution in [2.24, 2.45) is 0 Å². The number of furan rings is 1. The van der Waals surface area contributed by atoms with Crippen LogP contribution in [0, 0.1) is 0 Å². The standard InChI is InChI=1S/C33H20ClN3O/c34-25-14-7-13-23(19-25)32-35-31(22-11-5-2-6-12-22)36-33(37-32)24-17-18-27-29(20-24)38-28-16-8-15-26(30(27)28)21-9-3-1-4-10-21/h1-20H. The maximum absolute atomic E-state index is 6.33. The van der Waals surface area contributed by atoms with Gasteiger partial charge in [0.1, 0.15) is 11.2 Å². The van der Waals surface area contributed by atoms with Crippen LogP contribution in [0.5, 0.6) is 0 Å². The molecule has 0 N–H and O–H groups in total. The number of hydrogen-bond acceptors (Lipinski definition) is 4. The van der Waals surface area contributed by atoms with E-state index >= 15 is 0 Å². The molecule has 0 saturated carbocycles. The van der Waals surface area contributed by atoms with E-state index in [0.717, 1.165) is 49.8 Å². The molecule has 0 spiro atoms. The zero-order chi connectivity index (χ0) is 25.5. The molecule has 0 bridgehead atoms. The van der Waals surface area contributed by atoms with Crippen molar-refractivity contribution in [3.05, 3.63) is 126 Å². The molecule has 0 saturated heterocycles. The van der Waals surface area contributed by atoms with Gasteiger partial charge in [0.05, 0.1) is 0 Å². The van der Waals surface area contributed by atoms with E-state index in [9.17, 15) is 0 Å². The normalized spacial score (nSPS) is 11.3. The van der Waals surface area contributed by atoms with Gasteiger partial charge in [-0.25, -0.2) is 15.0 Å². The van der Waals surface area contributed by atoms with Crippen LogP contribution in [-0.4, -0.2) is 15.0 Å². The Morgan fingerprint density at radius 3 is 1.79 bits per heavy atom. The van der Waals surface area contributed by atoms with Crippen molar-refractivity contribution in [3.63, 3.8) is 0 Å². The first-order valence-electron chi connectivity index (χ1n) is 12.3. The number of rotatable bonds is 4. The highest BCUT2D eigenvalue weighted by Gasteiger charge is 2.16. The van der Waals surface area contributed by atoms with Gasteiger partial charge in [-0.15, -0.1) is 0 Å². The largest absolute Gasteiger partial charge is 0.456 e. The van der Waals surface area contributed by atoms with Crippen molar-refractivity contribution in [2.75, 3.05) is 0 Å². The van der Waals surface area contributed by atoms with E-state index in [1.54, 1.807) is 0 Å². The van der Waals surface area contributed by atoms with Crippen molar-refractivity contribution in [2.45, 2.75) is 0 Å². The molecule has 180 valence electrons. The fourth-order valence-electron chi connectivity index (χ4n) is 4.80. The Hall–Kier alpha value is -4.80. The molecule has 0 aliphatic rings. The molecule has 0 radical (unpaired) electrons. The molecule has 4 nitrogen and oxygen atoms in total. The summed E-state index contributed by atoms with van der Waals surface area (Å²) < 4.78 is 6.33. The summed E-state index contributed by atoms with van der Waals surface area (Å²) in [5, 5.41) is 2.78. The van der Waals surface area contributed by atoms with Crippen molar-refractivity contribution in [1.82, 2.24) is 15.0 Å². The second kappa shape index (κ2) is 9.25. The average molecular weight is 510 g/mol. The lowest BCUT2D eigenvalue weighted by Gasteiger charge is -2.08. The Bertz CT molecular complexity index is 1930. The first-order valence-corrected chi connectivity index (χ1v) is 12.7. The van der Waals surface area contributed by atoms with E-state index in [1.165, 1.54) is 0 Å². The zero-order valence-corrected chi connectivity index (χ0v) is 20.9. The van der Waals surface area contributed by atoms with Gasteiger partial charge in [0.25, 0.3) is 0 Å². The van der Waals surface area contributed by atoms with E-state index in [-0.39, 0.29) is 0 Å². The van der Waals surface area contributed by atoms with Crippen molar-refractivity contribution >= 4 is 33.5 Å². The Balaban J connectivity index is 1.41. The first-order chi connectivity index (χ1) is 18.7. The molecule has 5 heteroatoms. The third-order valence-corrected chi connectivity index (χ3v) is 6.83. The molecule has 0 atom stereocenters. The molecule has 2 heterocycles. The molecule has 2 aromatic heterocycles. The maximum atomic E-state index is 6.33. The van der Waals surface area contributed by atoms with Crippen LogP contribution in [0.3, 0.4) is 0 Å². The fraction of sp³-hybridized carbons (Fsp3) is 0. The van der Waals surface area contributed by atoms with Gasteiger partial charge in [-0.3, -0.25) is 0 Å². The van der Waals surface area contributed by atoms with Crippen LogP contribution in [0.4, 0.5) is 0 Å². The molecular weight excluding hydrogens is 490 g/mol. The molecule has 0 aliphatic carbocycles. The second-order valence-corrected chi connectivity index (χ2v) is 9.48. The maximum Gasteiger partial charge on any atom is 0.164 e. The molecule has 7 rings (SSSR count). The van der Waals surface area contributed by atoms with Crippen LogP contribution < -0.4 is 0 Å². The summed E-state index contributed by atoms with van der Waals surface area (Å²) >= 11 is 6.29. The topological polar surface area (TPSA) is 51.8 Å². The minimum atomic E-state index is 0.562. The number of fused-ring (bicyclic) bond motifs is 3. The highest BCUT2D eigenvalue weighted by Crippen LogP contribution is 2.38. The van der Waals surface area contributed by atoms with Gasteiger partial charge in [-0.1, -0.05) is 103 Å². The van der Waals surface area contributed by atoms with Gasteiger partial charge in [0.15, 0.2) is 17.5 Å². The lowest BCUT2D eigenvalue weighted by Crippen LogP contribution is -2.00. The van der Waals surface area contributed by atoms with Gasteiger partial charge >= 0.3 is 0 Å². The monoisotopic (exact) mass is 509 g/mol. The van der Waals surface area contributed by atoms with Gasteiger partial charge in [0.2, 0.25) is 0 Å². The summed E-state index contributed by atoms with van der Waals surface area (Å²) in [6.07, 6.45) is 0.